The molecule has 1 aliphatic heterocycles. The van der Waals surface area contributed by atoms with E-state index in [2.05, 4.69) is 10.2 Å². The monoisotopic (exact) mass is 250 g/mol. The Bertz CT molecular complexity index is 574. The molecule has 2 aromatic rings. The van der Waals surface area contributed by atoms with Crippen molar-refractivity contribution in [2.45, 2.75) is 25.4 Å². The second-order valence-corrected chi connectivity index (χ2v) is 4.51. The fourth-order valence-corrected chi connectivity index (χ4v) is 2.25. The maximum Gasteiger partial charge on any atom is 0.164 e. The SMILES string of the molecule is NC1CCc2nnc(-c3cc(F)cc(F)c3)n2C1. The summed E-state index contributed by atoms with van der Waals surface area (Å²) in [6.45, 7) is 0.579. The Balaban J connectivity index is 2.09. The fourth-order valence-electron chi connectivity index (χ4n) is 2.25. The van der Waals surface area contributed by atoms with E-state index in [9.17, 15) is 8.78 Å². The van der Waals surface area contributed by atoms with Gasteiger partial charge in [0.15, 0.2) is 5.82 Å². The molecular weight excluding hydrogens is 238 g/mol. The van der Waals surface area contributed by atoms with E-state index in [1.165, 1.54) is 12.1 Å². The first-order chi connectivity index (χ1) is 8.63. The van der Waals surface area contributed by atoms with Gasteiger partial charge in [0.2, 0.25) is 0 Å². The average molecular weight is 250 g/mol. The first kappa shape index (κ1) is 11.3. The standard InChI is InChI=1S/C12H12F2N4/c13-8-3-7(4-9(14)5-8)12-17-16-11-2-1-10(15)6-18(11)12/h3-5,10H,1-2,6,15H2. The van der Waals surface area contributed by atoms with Crippen molar-refractivity contribution >= 4 is 0 Å². The molecule has 1 unspecified atom stereocenters. The minimum absolute atomic E-state index is 0.0330. The molecule has 18 heavy (non-hydrogen) atoms. The van der Waals surface area contributed by atoms with Gasteiger partial charge >= 0.3 is 0 Å². The van der Waals surface area contributed by atoms with Crippen molar-refractivity contribution in [2.75, 3.05) is 0 Å². The topological polar surface area (TPSA) is 56.7 Å². The van der Waals surface area contributed by atoms with Crippen LogP contribution >= 0.6 is 0 Å². The molecule has 6 heteroatoms. The number of benzene rings is 1. The predicted molar refractivity (Wildman–Crippen MR) is 61.7 cm³/mol. The molecule has 1 atom stereocenters. The van der Waals surface area contributed by atoms with E-state index in [0.29, 0.717) is 17.9 Å². The van der Waals surface area contributed by atoms with Crippen LogP contribution in [0.2, 0.25) is 0 Å². The van der Waals surface area contributed by atoms with E-state index in [0.717, 1.165) is 24.7 Å². The summed E-state index contributed by atoms with van der Waals surface area (Å²) in [4.78, 5) is 0. The lowest BCUT2D eigenvalue weighted by molar-refractivity contribution is 0.456. The highest BCUT2D eigenvalue weighted by Gasteiger charge is 2.21. The van der Waals surface area contributed by atoms with E-state index < -0.39 is 11.6 Å². The molecule has 2 heterocycles. The number of halogens is 2. The highest BCUT2D eigenvalue weighted by atomic mass is 19.1. The van der Waals surface area contributed by atoms with Crippen LogP contribution < -0.4 is 5.73 Å². The molecule has 0 bridgehead atoms. The van der Waals surface area contributed by atoms with Gasteiger partial charge < -0.3 is 10.3 Å². The third-order valence-electron chi connectivity index (χ3n) is 3.10. The number of nitrogens with two attached hydrogens (primary N) is 1. The van der Waals surface area contributed by atoms with Crippen LogP contribution in [-0.4, -0.2) is 20.8 Å². The zero-order valence-corrected chi connectivity index (χ0v) is 9.61. The third-order valence-corrected chi connectivity index (χ3v) is 3.10. The van der Waals surface area contributed by atoms with Gasteiger partial charge in [-0.1, -0.05) is 0 Å². The van der Waals surface area contributed by atoms with E-state index >= 15 is 0 Å². The van der Waals surface area contributed by atoms with Crippen molar-refractivity contribution in [3.05, 3.63) is 35.7 Å². The van der Waals surface area contributed by atoms with Crippen LogP contribution in [0.5, 0.6) is 0 Å². The average Bonchev–Trinajstić information content (AvgIpc) is 2.70. The van der Waals surface area contributed by atoms with Gasteiger partial charge in [-0.15, -0.1) is 10.2 Å². The van der Waals surface area contributed by atoms with Gasteiger partial charge in [-0.3, -0.25) is 0 Å². The van der Waals surface area contributed by atoms with Crippen molar-refractivity contribution in [1.29, 1.82) is 0 Å². The molecule has 0 saturated carbocycles. The third kappa shape index (κ3) is 1.88. The summed E-state index contributed by atoms with van der Waals surface area (Å²) in [6.07, 6.45) is 1.60. The van der Waals surface area contributed by atoms with Gasteiger partial charge in [0.25, 0.3) is 0 Å². The van der Waals surface area contributed by atoms with E-state index in [-0.39, 0.29) is 6.04 Å². The maximum atomic E-state index is 13.2. The largest absolute Gasteiger partial charge is 0.326 e. The fraction of sp³-hybridized carbons (Fsp3) is 0.333. The lowest BCUT2D eigenvalue weighted by atomic mass is 10.1. The molecule has 1 aromatic carbocycles. The quantitative estimate of drug-likeness (QED) is 0.834. The summed E-state index contributed by atoms with van der Waals surface area (Å²) in [5.74, 6) is 0.0415. The van der Waals surface area contributed by atoms with Gasteiger partial charge in [0.05, 0.1) is 0 Å². The zero-order chi connectivity index (χ0) is 12.7. The van der Waals surface area contributed by atoms with Crippen LogP contribution in [0.4, 0.5) is 8.78 Å². The number of hydrogen-bond donors (Lipinski definition) is 1. The summed E-state index contributed by atoms with van der Waals surface area (Å²) in [5.41, 5.74) is 6.28. The number of rotatable bonds is 1. The molecule has 3 rings (SSSR count). The van der Waals surface area contributed by atoms with Crippen LogP contribution in [0.15, 0.2) is 18.2 Å². The number of fused-ring (bicyclic) bond motifs is 1. The first-order valence-electron chi connectivity index (χ1n) is 5.77. The molecular formula is C12H12F2N4. The van der Waals surface area contributed by atoms with Crippen LogP contribution in [-0.2, 0) is 13.0 Å². The number of hydrogen-bond acceptors (Lipinski definition) is 3. The maximum absolute atomic E-state index is 13.2. The second-order valence-electron chi connectivity index (χ2n) is 4.51. The first-order valence-corrected chi connectivity index (χ1v) is 5.77. The molecule has 2 N–H and O–H groups in total. The molecule has 1 aliphatic rings. The van der Waals surface area contributed by atoms with E-state index in [1.54, 1.807) is 0 Å². The minimum Gasteiger partial charge on any atom is -0.326 e. The Labute approximate surface area is 102 Å². The van der Waals surface area contributed by atoms with Crippen molar-refractivity contribution in [3.63, 3.8) is 0 Å². The van der Waals surface area contributed by atoms with Gasteiger partial charge in [-0.2, -0.15) is 0 Å². The lowest BCUT2D eigenvalue weighted by Gasteiger charge is -2.20. The summed E-state index contributed by atoms with van der Waals surface area (Å²) in [6, 6.07) is 3.37. The van der Waals surface area contributed by atoms with Gasteiger partial charge in [0.1, 0.15) is 17.5 Å². The van der Waals surface area contributed by atoms with Crippen molar-refractivity contribution in [1.82, 2.24) is 14.8 Å². The minimum atomic E-state index is -0.623. The second kappa shape index (κ2) is 4.13. The van der Waals surface area contributed by atoms with Crippen LogP contribution in [0.25, 0.3) is 11.4 Å². The Morgan fingerprint density at radius 1 is 1.17 bits per heavy atom. The predicted octanol–water partition coefficient (Wildman–Crippen LogP) is 1.50. The zero-order valence-electron chi connectivity index (χ0n) is 9.61. The van der Waals surface area contributed by atoms with Crippen LogP contribution in [0, 0.1) is 11.6 Å². The molecule has 0 aliphatic carbocycles. The lowest BCUT2D eigenvalue weighted by Crippen LogP contribution is -2.32. The Morgan fingerprint density at radius 2 is 1.89 bits per heavy atom. The molecule has 0 saturated heterocycles. The summed E-state index contributed by atoms with van der Waals surface area (Å²) < 4.78 is 28.2. The molecule has 0 amide bonds. The molecule has 94 valence electrons. The van der Waals surface area contributed by atoms with E-state index in [4.69, 9.17) is 5.73 Å². The number of aryl methyl sites for hydroxylation is 1. The molecule has 0 fully saturated rings. The summed E-state index contributed by atoms with van der Waals surface area (Å²) >= 11 is 0. The van der Waals surface area contributed by atoms with Gasteiger partial charge in [-0.25, -0.2) is 8.78 Å². The highest BCUT2D eigenvalue weighted by Crippen LogP contribution is 2.24. The van der Waals surface area contributed by atoms with Gasteiger partial charge in [-0.05, 0) is 18.6 Å². The number of nitrogens with zero attached hydrogens (tertiary/aromatic N) is 3. The summed E-state index contributed by atoms with van der Waals surface area (Å²) in [5, 5.41) is 8.05. The van der Waals surface area contributed by atoms with Crippen molar-refractivity contribution in [2.24, 2.45) is 5.73 Å². The summed E-state index contributed by atoms with van der Waals surface area (Å²) in [7, 11) is 0. The molecule has 4 nitrogen and oxygen atoms in total. The van der Waals surface area contributed by atoms with Crippen molar-refractivity contribution < 1.29 is 8.78 Å². The van der Waals surface area contributed by atoms with Crippen LogP contribution in [0.3, 0.4) is 0 Å². The molecule has 0 spiro atoms. The highest BCUT2D eigenvalue weighted by molar-refractivity contribution is 5.55. The van der Waals surface area contributed by atoms with Crippen LogP contribution in [0.1, 0.15) is 12.2 Å². The Hall–Kier alpha value is -1.82. The Kier molecular flexibility index (Phi) is 2.59. The molecule has 1 aromatic heterocycles. The smallest absolute Gasteiger partial charge is 0.164 e. The van der Waals surface area contributed by atoms with Crippen molar-refractivity contribution in [3.8, 4) is 11.4 Å². The Morgan fingerprint density at radius 3 is 2.61 bits per heavy atom. The van der Waals surface area contributed by atoms with E-state index in [1.807, 2.05) is 4.57 Å². The van der Waals surface area contributed by atoms with Gasteiger partial charge in [0, 0.05) is 30.6 Å². The number of aromatic nitrogens is 3. The molecule has 0 radical (unpaired) electrons. The normalized spacial score (nSPS) is 18.7.